The molecule has 5 heteroatoms. The Labute approximate surface area is 112 Å². The molecule has 0 radical (unpaired) electrons. The van der Waals surface area contributed by atoms with Gasteiger partial charge in [-0.1, -0.05) is 0 Å². The zero-order chi connectivity index (χ0) is 13.2. The fourth-order valence-electron chi connectivity index (χ4n) is 1.45. The average molecular weight is 262 g/mol. The van der Waals surface area contributed by atoms with Crippen molar-refractivity contribution in [1.29, 1.82) is 0 Å². The zero-order valence-electron chi connectivity index (χ0n) is 11.2. The first kappa shape index (κ1) is 13.1. The van der Waals surface area contributed by atoms with Crippen LogP contribution in [0.1, 0.15) is 32.0 Å². The van der Waals surface area contributed by atoms with E-state index in [0.29, 0.717) is 5.82 Å². The second kappa shape index (κ2) is 5.12. The SMILES string of the molecule is Cc1cnc(-c2cscn2)nc1CNC(C)(C)C. The molecule has 2 rings (SSSR count). The number of nitrogens with zero attached hydrogens (tertiary/aromatic N) is 3. The van der Waals surface area contributed by atoms with Crippen LogP contribution in [0.15, 0.2) is 17.1 Å². The Kier molecular flexibility index (Phi) is 3.73. The molecule has 0 atom stereocenters. The number of aromatic nitrogens is 3. The van der Waals surface area contributed by atoms with E-state index in [9.17, 15) is 0 Å². The fraction of sp³-hybridized carbons (Fsp3) is 0.462. The van der Waals surface area contributed by atoms with Crippen LogP contribution < -0.4 is 5.32 Å². The van der Waals surface area contributed by atoms with Gasteiger partial charge in [0.1, 0.15) is 5.69 Å². The van der Waals surface area contributed by atoms with E-state index in [1.807, 2.05) is 18.5 Å². The maximum atomic E-state index is 4.59. The Morgan fingerprint density at radius 2 is 2.06 bits per heavy atom. The summed E-state index contributed by atoms with van der Waals surface area (Å²) in [4.78, 5) is 13.2. The predicted molar refractivity (Wildman–Crippen MR) is 74.5 cm³/mol. The molecule has 0 unspecified atom stereocenters. The van der Waals surface area contributed by atoms with Gasteiger partial charge in [0.15, 0.2) is 5.82 Å². The van der Waals surface area contributed by atoms with Gasteiger partial charge < -0.3 is 5.32 Å². The van der Waals surface area contributed by atoms with Crippen molar-refractivity contribution < 1.29 is 0 Å². The summed E-state index contributed by atoms with van der Waals surface area (Å²) in [5.74, 6) is 0.701. The molecule has 2 aromatic rings. The van der Waals surface area contributed by atoms with Crippen LogP contribution >= 0.6 is 11.3 Å². The molecule has 0 saturated carbocycles. The standard InChI is InChI=1S/C13H18N4S/c1-9-5-14-12(11-7-18-8-15-11)17-10(9)6-16-13(2,3)4/h5,7-8,16H,6H2,1-4H3. The lowest BCUT2D eigenvalue weighted by Gasteiger charge is -2.20. The van der Waals surface area contributed by atoms with E-state index >= 15 is 0 Å². The smallest absolute Gasteiger partial charge is 0.179 e. The van der Waals surface area contributed by atoms with Crippen LogP contribution in [0.3, 0.4) is 0 Å². The number of nitrogens with one attached hydrogen (secondary N) is 1. The van der Waals surface area contributed by atoms with Crippen molar-refractivity contribution in [3.8, 4) is 11.5 Å². The molecule has 0 aliphatic heterocycles. The molecule has 96 valence electrons. The van der Waals surface area contributed by atoms with Gasteiger partial charge >= 0.3 is 0 Å². The van der Waals surface area contributed by atoms with Crippen molar-refractivity contribution in [3.05, 3.63) is 28.3 Å². The van der Waals surface area contributed by atoms with Gasteiger partial charge in [-0.3, -0.25) is 0 Å². The highest BCUT2D eigenvalue weighted by Crippen LogP contribution is 2.16. The molecule has 18 heavy (non-hydrogen) atoms. The van der Waals surface area contributed by atoms with E-state index in [1.165, 1.54) is 0 Å². The monoisotopic (exact) mass is 262 g/mol. The van der Waals surface area contributed by atoms with Gasteiger partial charge in [0.25, 0.3) is 0 Å². The molecule has 0 saturated heterocycles. The number of thiazole rings is 1. The molecule has 0 amide bonds. The highest BCUT2D eigenvalue weighted by Gasteiger charge is 2.12. The lowest BCUT2D eigenvalue weighted by molar-refractivity contribution is 0.420. The fourth-order valence-corrected chi connectivity index (χ4v) is 1.98. The minimum absolute atomic E-state index is 0.0815. The van der Waals surface area contributed by atoms with Crippen molar-refractivity contribution in [2.45, 2.75) is 39.8 Å². The van der Waals surface area contributed by atoms with Gasteiger partial charge in [-0.25, -0.2) is 15.0 Å². The van der Waals surface area contributed by atoms with Gasteiger partial charge in [0, 0.05) is 23.7 Å². The lowest BCUT2D eigenvalue weighted by atomic mass is 10.1. The number of rotatable bonds is 3. The molecule has 1 N–H and O–H groups in total. The molecule has 4 nitrogen and oxygen atoms in total. The third-order valence-corrected chi connectivity index (χ3v) is 3.11. The van der Waals surface area contributed by atoms with Crippen LogP contribution in [-0.2, 0) is 6.54 Å². The molecule has 0 aliphatic rings. The average Bonchev–Trinajstić information content (AvgIpc) is 2.80. The third-order valence-electron chi connectivity index (χ3n) is 2.52. The van der Waals surface area contributed by atoms with E-state index in [4.69, 9.17) is 0 Å². The number of aryl methyl sites for hydroxylation is 1. The molecular formula is C13H18N4S. The summed E-state index contributed by atoms with van der Waals surface area (Å²) in [7, 11) is 0. The minimum Gasteiger partial charge on any atom is -0.306 e. The number of hydrogen-bond acceptors (Lipinski definition) is 5. The van der Waals surface area contributed by atoms with Crippen molar-refractivity contribution >= 4 is 11.3 Å². The summed E-state index contributed by atoms with van der Waals surface area (Å²) >= 11 is 1.56. The Hall–Kier alpha value is -1.33. The summed E-state index contributed by atoms with van der Waals surface area (Å²) in [5, 5.41) is 5.41. The van der Waals surface area contributed by atoms with Crippen molar-refractivity contribution in [2.24, 2.45) is 0 Å². The summed E-state index contributed by atoms with van der Waals surface area (Å²) < 4.78 is 0. The summed E-state index contributed by atoms with van der Waals surface area (Å²) in [5.41, 5.74) is 4.86. The van der Waals surface area contributed by atoms with Gasteiger partial charge in [0.05, 0.1) is 11.2 Å². The second-order valence-corrected chi connectivity index (χ2v) is 6.02. The second-order valence-electron chi connectivity index (χ2n) is 5.30. The Morgan fingerprint density at radius 1 is 1.28 bits per heavy atom. The molecular weight excluding hydrogens is 244 g/mol. The maximum Gasteiger partial charge on any atom is 0.179 e. The molecule has 0 fully saturated rings. The molecule has 0 aromatic carbocycles. The first-order valence-electron chi connectivity index (χ1n) is 5.92. The summed E-state index contributed by atoms with van der Waals surface area (Å²) in [6, 6.07) is 0. The van der Waals surface area contributed by atoms with Crippen molar-refractivity contribution in [1.82, 2.24) is 20.3 Å². The maximum absolute atomic E-state index is 4.59. The summed E-state index contributed by atoms with van der Waals surface area (Å²) in [6.45, 7) is 9.21. The molecule has 0 bridgehead atoms. The highest BCUT2D eigenvalue weighted by atomic mass is 32.1. The van der Waals surface area contributed by atoms with Gasteiger partial charge in [-0.15, -0.1) is 11.3 Å². The van der Waals surface area contributed by atoms with E-state index < -0.39 is 0 Å². The van der Waals surface area contributed by atoms with E-state index in [-0.39, 0.29) is 5.54 Å². The summed E-state index contributed by atoms with van der Waals surface area (Å²) in [6.07, 6.45) is 1.86. The lowest BCUT2D eigenvalue weighted by Crippen LogP contribution is -2.35. The first-order chi connectivity index (χ1) is 8.46. The Balaban J connectivity index is 2.22. The van der Waals surface area contributed by atoms with E-state index in [0.717, 1.165) is 23.5 Å². The van der Waals surface area contributed by atoms with Crippen LogP contribution in [0.25, 0.3) is 11.5 Å². The van der Waals surface area contributed by atoms with Crippen LogP contribution in [0.5, 0.6) is 0 Å². The first-order valence-corrected chi connectivity index (χ1v) is 6.86. The highest BCUT2D eigenvalue weighted by molar-refractivity contribution is 7.07. The van der Waals surface area contributed by atoms with Crippen LogP contribution in [0.2, 0.25) is 0 Å². The largest absolute Gasteiger partial charge is 0.306 e. The van der Waals surface area contributed by atoms with Crippen LogP contribution in [0, 0.1) is 6.92 Å². The minimum atomic E-state index is 0.0815. The normalized spacial score (nSPS) is 11.8. The molecule has 2 aromatic heterocycles. The Bertz CT molecular complexity index is 514. The predicted octanol–water partition coefficient (Wildman–Crippen LogP) is 2.80. The van der Waals surface area contributed by atoms with Crippen LogP contribution in [-0.4, -0.2) is 20.5 Å². The van der Waals surface area contributed by atoms with Gasteiger partial charge in [-0.05, 0) is 33.3 Å². The topological polar surface area (TPSA) is 50.7 Å². The van der Waals surface area contributed by atoms with Crippen LogP contribution in [0.4, 0.5) is 0 Å². The van der Waals surface area contributed by atoms with Crippen molar-refractivity contribution in [3.63, 3.8) is 0 Å². The zero-order valence-corrected chi connectivity index (χ0v) is 12.0. The molecule has 0 aliphatic carbocycles. The van der Waals surface area contributed by atoms with Crippen molar-refractivity contribution in [2.75, 3.05) is 0 Å². The van der Waals surface area contributed by atoms with E-state index in [1.54, 1.807) is 16.8 Å². The quantitative estimate of drug-likeness (QED) is 0.924. The molecule has 2 heterocycles. The Morgan fingerprint density at radius 3 is 2.67 bits per heavy atom. The number of hydrogen-bond donors (Lipinski definition) is 1. The molecule has 0 spiro atoms. The van der Waals surface area contributed by atoms with Gasteiger partial charge in [0.2, 0.25) is 0 Å². The van der Waals surface area contributed by atoms with Gasteiger partial charge in [-0.2, -0.15) is 0 Å². The third kappa shape index (κ3) is 3.34. The van der Waals surface area contributed by atoms with E-state index in [2.05, 4.69) is 41.0 Å².